The van der Waals surface area contributed by atoms with Crippen molar-refractivity contribution in [1.29, 1.82) is 0 Å². The van der Waals surface area contributed by atoms with Gasteiger partial charge in [-0.05, 0) is 24.6 Å². The number of primary sulfonamides is 1. The highest BCUT2D eigenvalue weighted by Gasteiger charge is 2.48. The molecule has 0 spiro atoms. The van der Waals surface area contributed by atoms with Crippen LogP contribution in [0.1, 0.15) is 41.2 Å². The van der Waals surface area contributed by atoms with Gasteiger partial charge in [0.05, 0.1) is 5.69 Å². The van der Waals surface area contributed by atoms with Crippen molar-refractivity contribution in [2.75, 3.05) is 0 Å². The van der Waals surface area contributed by atoms with Crippen molar-refractivity contribution in [3.05, 3.63) is 95.3 Å². The maximum Gasteiger partial charge on any atom is 0.302 e. The Bertz CT molecular complexity index is 1170. The van der Waals surface area contributed by atoms with Gasteiger partial charge in [-0.25, -0.2) is 13.6 Å². The number of sulfonamides is 1. The Morgan fingerprint density at radius 2 is 1.58 bits per heavy atom. The molecular weight excluding hydrogens is 416 g/mol. The van der Waals surface area contributed by atoms with Gasteiger partial charge in [0.25, 0.3) is 0 Å². The van der Waals surface area contributed by atoms with Gasteiger partial charge >= 0.3 is 5.97 Å². The molecule has 0 aliphatic heterocycles. The molecule has 0 saturated carbocycles. The fourth-order valence-electron chi connectivity index (χ4n) is 3.49. The van der Waals surface area contributed by atoms with E-state index in [0.29, 0.717) is 22.5 Å². The summed E-state index contributed by atoms with van der Waals surface area (Å²) >= 11 is 0. The summed E-state index contributed by atoms with van der Waals surface area (Å²) in [4.78, 5) is 27.5. The second kappa shape index (κ2) is 8.87. The van der Waals surface area contributed by atoms with Gasteiger partial charge in [-0.3, -0.25) is 9.59 Å². The SMILES string of the molecule is CC(=O)OC(Cc1ccc(C(=O)c2ccccc2)[nH]1)C(C)(c1ccccc1)S(N)(=O)=O. The highest BCUT2D eigenvalue weighted by atomic mass is 32.2. The number of nitrogens with one attached hydrogen (secondary N) is 1. The van der Waals surface area contributed by atoms with E-state index in [9.17, 15) is 18.0 Å². The lowest BCUT2D eigenvalue weighted by Gasteiger charge is -2.35. The molecule has 1 heterocycles. The number of benzene rings is 2. The monoisotopic (exact) mass is 440 g/mol. The van der Waals surface area contributed by atoms with Gasteiger partial charge in [-0.15, -0.1) is 0 Å². The summed E-state index contributed by atoms with van der Waals surface area (Å²) in [6.07, 6.45) is -1.11. The Hall–Kier alpha value is -3.23. The molecule has 2 atom stereocenters. The van der Waals surface area contributed by atoms with E-state index in [1.165, 1.54) is 13.8 Å². The maximum absolute atomic E-state index is 12.7. The van der Waals surface area contributed by atoms with Gasteiger partial charge in [0.1, 0.15) is 10.9 Å². The van der Waals surface area contributed by atoms with Crippen molar-refractivity contribution in [3.63, 3.8) is 0 Å². The number of ether oxygens (including phenoxy) is 1. The molecule has 8 heteroatoms. The Kier molecular flexibility index (Phi) is 6.42. The summed E-state index contributed by atoms with van der Waals surface area (Å²) < 4.78 is 29.1. The molecule has 31 heavy (non-hydrogen) atoms. The molecule has 0 amide bonds. The molecule has 0 radical (unpaired) electrons. The van der Waals surface area contributed by atoms with Crippen LogP contribution in [-0.4, -0.2) is 31.3 Å². The van der Waals surface area contributed by atoms with Gasteiger partial charge < -0.3 is 9.72 Å². The van der Waals surface area contributed by atoms with E-state index in [1.807, 2.05) is 6.07 Å². The van der Waals surface area contributed by atoms with E-state index in [0.717, 1.165) is 0 Å². The van der Waals surface area contributed by atoms with Crippen LogP contribution >= 0.6 is 0 Å². The van der Waals surface area contributed by atoms with Crippen LogP contribution in [0.4, 0.5) is 0 Å². The van der Waals surface area contributed by atoms with Crippen molar-refractivity contribution >= 4 is 21.8 Å². The fourth-order valence-corrected chi connectivity index (χ4v) is 4.45. The minimum absolute atomic E-state index is 0.0173. The molecule has 162 valence electrons. The summed E-state index contributed by atoms with van der Waals surface area (Å²) in [7, 11) is -4.19. The van der Waals surface area contributed by atoms with Gasteiger partial charge in [-0.1, -0.05) is 60.7 Å². The quantitative estimate of drug-likeness (QED) is 0.412. The highest BCUT2D eigenvalue weighted by molar-refractivity contribution is 7.90. The fraction of sp³-hybridized carbons (Fsp3) is 0.217. The van der Waals surface area contributed by atoms with Gasteiger partial charge in [0.15, 0.2) is 0 Å². The molecule has 2 aromatic carbocycles. The van der Waals surface area contributed by atoms with Gasteiger partial charge in [0.2, 0.25) is 15.8 Å². The van der Waals surface area contributed by atoms with Crippen LogP contribution < -0.4 is 5.14 Å². The standard InChI is InChI=1S/C23H24N2O5S/c1-16(26)30-21(23(2,31(24,28)29)18-11-7-4-8-12-18)15-19-13-14-20(25-19)22(27)17-9-5-3-6-10-17/h3-14,21,25H,15H2,1-2H3,(H2,24,28,29). The Morgan fingerprint density at radius 3 is 2.13 bits per heavy atom. The number of aromatic nitrogens is 1. The van der Waals surface area contributed by atoms with Crippen molar-refractivity contribution in [1.82, 2.24) is 4.98 Å². The number of hydrogen-bond donors (Lipinski definition) is 2. The number of esters is 1. The van der Waals surface area contributed by atoms with Crippen LogP contribution in [0.5, 0.6) is 0 Å². The minimum Gasteiger partial charge on any atom is -0.460 e. The number of carbonyl (C=O) groups is 2. The first-order valence-corrected chi connectivity index (χ1v) is 11.2. The second-order valence-electron chi connectivity index (χ2n) is 7.41. The number of carbonyl (C=O) groups excluding carboxylic acids is 2. The highest BCUT2D eigenvalue weighted by Crippen LogP contribution is 2.35. The van der Waals surface area contributed by atoms with Crippen molar-refractivity contribution in [2.45, 2.75) is 31.1 Å². The van der Waals surface area contributed by atoms with Crippen molar-refractivity contribution in [2.24, 2.45) is 5.14 Å². The van der Waals surface area contributed by atoms with Gasteiger partial charge in [0, 0.05) is 24.6 Å². The normalized spacial score (nSPS) is 14.4. The molecule has 1 aromatic heterocycles. The predicted octanol–water partition coefficient (Wildman–Crippen LogP) is 2.92. The van der Waals surface area contributed by atoms with Crippen molar-refractivity contribution < 1.29 is 22.7 Å². The molecule has 0 fully saturated rings. The number of ketones is 1. The zero-order valence-corrected chi connectivity index (χ0v) is 18.1. The smallest absolute Gasteiger partial charge is 0.302 e. The van der Waals surface area contributed by atoms with E-state index in [-0.39, 0.29) is 12.2 Å². The summed E-state index contributed by atoms with van der Waals surface area (Å²) in [6, 6.07) is 20.4. The summed E-state index contributed by atoms with van der Waals surface area (Å²) in [5, 5.41) is 5.62. The molecule has 0 aliphatic rings. The molecule has 2 unspecified atom stereocenters. The Labute approximate surface area is 181 Å². The number of hydrogen-bond acceptors (Lipinski definition) is 5. The molecule has 3 N–H and O–H groups in total. The number of rotatable bonds is 8. The first-order chi connectivity index (χ1) is 14.6. The van der Waals surface area contributed by atoms with E-state index < -0.39 is 26.8 Å². The van der Waals surface area contributed by atoms with Crippen molar-refractivity contribution in [3.8, 4) is 0 Å². The van der Waals surface area contributed by atoms with Gasteiger partial charge in [-0.2, -0.15) is 0 Å². The third-order valence-corrected chi connectivity index (χ3v) is 6.97. The number of H-pyrrole nitrogens is 1. The summed E-state index contributed by atoms with van der Waals surface area (Å²) in [5.41, 5.74) is 1.80. The van der Waals surface area contributed by atoms with Crippen LogP contribution in [-0.2, 0) is 30.7 Å². The van der Waals surface area contributed by atoms with E-state index in [2.05, 4.69) is 4.98 Å². The first kappa shape index (κ1) is 22.5. The van der Waals surface area contributed by atoms with Crippen LogP contribution in [0.3, 0.4) is 0 Å². The largest absolute Gasteiger partial charge is 0.460 e. The Morgan fingerprint density at radius 1 is 1.00 bits per heavy atom. The molecular formula is C23H24N2O5S. The third-order valence-electron chi connectivity index (χ3n) is 5.29. The summed E-state index contributed by atoms with van der Waals surface area (Å²) in [5.74, 6) is -0.837. The molecule has 0 bridgehead atoms. The molecule has 3 rings (SSSR count). The minimum atomic E-state index is -4.19. The molecule has 7 nitrogen and oxygen atoms in total. The zero-order chi connectivity index (χ0) is 22.6. The van der Waals surface area contributed by atoms with Crippen LogP contribution in [0.2, 0.25) is 0 Å². The van der Waals surface area contributed by atoms with Crippen LogP contribution in [0, 0.1) is 0 Å². The molecule has 0 aliphatic carbocycles. The zero-order valence-electron chi connectivity index (χ0n) is 17.2. The average Bonchev–Trinajstić information content (AvgIpc) is 3.21. The molecule has 3 aromatic rings. The lowest BCUT2D eigenvalue weighted by atomic mass is 9.91. The van der Waals surface area contributed by atoms with E-state index in [4.69, 9.17) is 9.88 Å². The first-order valence-electron chi connectivity index (χ1n) is 9.65. The third kappa shape index (κ3) is 4.76. The predicted molar refractivity (Wildman–Crippen MR) is 117 cm³/mol. The topological polar surface area (TPSA) is 119 Å². The number of aromatic amines is 1. The lowest BCUT2D eigenvalue weighted by Crippen LogP contribution is -2.50. The van der Waals surface area contributed by atoms with Crippen LogP contribution in [0.15, 0.2) is 72.8 Å². The Balaban J connectivity index is 1.98. The molecule has 0 saturated heterocycles. The maximum atomic E-state index is 12.7. The number of nitrogens with two attached hydrogens (primary N) is 1. The second-order valence-corrected chi connectivity index (χ2v) is 9.35. The van der Waals surface area contributed by atoms with E-state index in [1.54, 1.807) is 66.7 Å². The lowest BCUT2D eigenvalue weighted by molar-refractivity contribution is -0.148. The average molecular weight is 441 g/mol. The van der Waals surface area contributed by atoms with E-state index >= 15 is 0 Å². The van der Waals surface area contributed by atoms with Crippen LogP contribution in [0.25, 0.3) is 0 Å². The summed E-state index contributed by atoms with van der Waals surface area (Å²) in [6.45, 7) is 2.64.